The van der Waals surface area contributed by atoms with Gasteiger partial charge in [-0.25, -0.2) is 4.31 Å². The molecule has 0 saturated carbocycles. The van der Waals surface area contributed by atoms with Crippen molar-refractivity contribution in [2.75, 3.05) is 13.1 Å². The Morgan fingerprint density at radius 1 is 1.42 bits per heavy atom. The molecular formula is C11H10F3NO3S. The van der Waals surface area contributed by atoms with Gasteiger partial charge >= 0.3 is 12.3 Å². The van der Waals surface area contributed by atoms with Gasteiger partial charge in [0.1, 0.15) is 5.75 Å². The van der Waals surface area contributed by atoms with Crippen LogP contribution in [0.5, 0.6) is 5.75 Å². The zero-order valence-corrected chi connectivity index (χ0v) is 10.4. The van der Waals surface area contributed by atoms with Gasteiger partial charge in [0.15, 0.2) is 0 Å². The number of hydrogen-bond donors (Lipinski definition) is 1. The lowest BCUT2D eigenvalue weighted by Crippen LogP contribution is -2.46. The maximum Gasteiger partial charge on any atom is 0.573 e. The third-order valence-corrected chi connectivity index (χ3v) is 3.49. The van der Waals surface area contributed by atoms with Gasteiger partial charge in [-0.3, -0.25) is 4.79 Å². The summed E-state index contributed by atoms with van der Waals surface area (Å²) < 4.78 is 41.7. The van der Waals surface area contributed by atoms with E-state index in [1.165, 1.54) is 30.1 Å². The summed E-state index contributed by atoms with van der Waals surface area (Å²) in [5, 5.41) is 8.71. The van der Waals surface area contributed by atoms with E-state index in [4.69, 9.17) is 5.11 Å². The third-order valence-electron chi connectivity index (χ3n) is 2.47. The standard InChI is InChI=1S/C11H10F3NO3S/c12-11(13,14)18-8-2-1-3-9(4-8)19-15-5-7(6-15)10(16)17/h1-4,7H,5-6H2,(H,16,17). The quantitative estimate of drug-likeness (QED) is 0.865. The molecule has 104 valence electrons. The second kappa shape index (κ2) is 5.30. The van der Waals surface area contributed by atoms with Crippen LogP contribution in [0.3, 0.4) is 0 Å². The van der Waals surface area contributed by atoms with Gasteiger partial charge in [-0.15, -0.1) is 13.2 Å². The molecule has 0 amide bonds. The normalized spacial score (nSPS) is 17.0. The van der Waals surface area contributed by atoms with Gasteiger partial charge in [-0.2, -0.15) is 0 Å². The first-order valence-corrected chi connectivity index (χ1v) is 6.12. The average molecular weight is 293 g/mol. The van der Waals surface area contributed by atoms with E-state index in [9.17, 15) is 18.0 Å². The first-order valence-electron chi connectivity index (χ1n) is 5.35. The minimum absolute atomic E-state index is 0.284. The molecule has 4 nitrogen and oxygen atoms in total. The lowest BCUT2D eigenvalue weighted by molar-refractivity contribution is -0.274. The Balaban J connectivity index is 1.92. The Kier molecular flexibility index (Phi) is 3.91. The molecule has 1 aromatic rings. The Morgan fingerprint density at radius 2 is 2.11 bits per heavy atom. The number of carboxylic acids is 1. The number of alkyl halides is 3. The van der Waals surface area contributed by atoms with E-state index in [0.29, 0.717) is 18.0 Å². The number of aliphatic carboxylic acids is 1. The average Bonchev–Trinajstić information content (AvgIpc) is 2.20. The molecule has 1 heterocycles. The minimum atomic E-state index is -4.71. The Labute approximate surface area is 111 Å². The summed E-state index contributed by atoms with van der Waals surface area (Å²) >= 11 is 1.21. The molecule has 8 heteroatoms. The van der Waals surface area contributed by atoms with E-state index >= 15 is 0 Å². The Morgan fingerprint density at radius 3 is 2.68 bits per heavy atom. The first-order chi connectivity index (χ1) is 8.83. The molecule has 0 bridgehead atoms. The Bertz CT molecular complexity index is 474. The molecule has 0 aliphatic carbocycles. The lowest BCUT2D eigenvalue weighted by Gasteiger charge is -2.35. The van der Waals surface area contributed by atoms with Crippen LogP contribution in [0.4, 0.5) is 13.2 Å². The van der Waals surface area contributed by atoms with Gasteiger partial charge in [0, 0.05) is 18.0 Å². The number of carboxylic acid groups (broad SMARTS) is 1. The number of nitrogens with zero attached hydrogens (tertiary/aromatic N) is 1. The van der Waals surface area contributed by atoms with Crippen molar-refractivity contribution in [1.29, 1.82) is 0 Å². The first kappa shape index (κ1) is 14.0. The molecular weight excluding hydrogens is 283 g/mol. The summed E-state index contributed by atoms with van der Waals surface area (Å²) in [7, 11) is 0. The maximum absolute atomic E-state index is 12.0. The zero-order valence-electron chi connectivity index (χ0n) is 9.55. The largest absolute Gasteiger partial charge is 0.573 e. The van der Waals surface area contributed by atoms with Crippen molar-refractivity contribution in [3.63, 3.8) is 0 Å². The van der Waals surface area contributed by atoms with Gasteiger partial charge in [-0.05, 0) is 30.1 Å². The highest BCUT2D eigenvalue weighted by atomic mass is 32.2. The second-order valence-electron chi connectivity index (χ2n) is 4.00. The fourth-order valence-corrected chi connectivity index (χ4v) is 2.66. The molecule has 19 heavy (non-hydrogen) atoms. The molecule has 2 rings (SSSR count). The van der Waals surface area contributed by atoms with Crippen molar-refractivity contribution in [3.8, 4) is 5.75 Å². The SMILES string of the molecule is O=C(O)C1CN(Sc2cccc(OC(F)(F)F)c2)C1. The maximum atomic E-state index is 12.0. The van der Waals surface area contributed by atoms with E-state index in [0.717, 1.165) is 0 Å². The predicted octanol–water partition coefficient (Wildman–Crippen LogP) is 2.61. The smallest absolute Gasteiger partial charge is 0.481 e. The molecule has 0 aromatic heterocycles. The molecule has 0 radical (unpaired) electrons. The van der Waals surface area contributed by atoms with E-state index in [1.54, 1.807) is 10.4 Å². The third kappa shape index (κ3) is 4.03. The number of rotatable bonds is 4. The van der Waals surface area contributed by atoms with E-state index < -0.39 is 18.2 Å². The molecule has 1 N–H and O–H groups in total. The van der Waals surface area contributed by atoms with Crippen molar-refractivity contribution in [1.82, 2.24) is 4.31 Å². The van der Waals surface area contributed by atoms with Crippen molar-refractivity contribution in [2.45, 2.75) is 11.3 Å². The van der Waals surface area contributed by atoms with Crippen LogP contribution in [0.1, 0.15) is 0 Å². The molecule has 0 spiro atoms. The topological polar surface area (TPSA) is 49.8 Å². The molecule has 1 saturated heterocycles. The monoisotopic (exact) mass is 293 g/mol. The summed E-state index contributed by atoms with van der Waals surface area (Å²) in [6.45, 7) is 0.759. The predicted molar refractivity (Wildman–Crippen MR) is 61.7 cm³/mol. The summed E-state index contributed by atoms with van der Waals surface area (Å²) in [5.41, 5.74) is 0. The highest BCUT2D eigenvalue weighted by molar-refractivity contribution is 7.97. The van der Waals surface area contributed by atoms with Crippen LogP contribution in [0, 0.1) is 5.92 Å². The molecule has 0 atom stereocenters. The zero-order chi connectivity index (χ0) is 14.0. The molecule has 1 aromatic carbocycles. The summed E-state index contributed by atoms with van der Waals surface area (Å²) in [4.78, 5) is 11.2. The fourth-order valence-electron chi connectivity index (χ4n) is 1.55. The van der Waals surface area contributed by atoms with Gasteiger partial charge in [0.05, 0.1) is 5.92 Å². The van der Waals surface area contributed by atoms with Crippen LogP contribution >= 0.6 is 11.9 Å². The van der Waals surface area contributed by atoms with Gasteiger partial charge in [0.2, 0.25) is 0 Å². The van der Waals surface area contributed by atoms with Crippen molar-refractivity contribution in [2.24, 2.45) is 5.92 Å². The van der Waals surface area contributed by atoms with Crippen LogP contribution in [0.25, 0.3) is 0 Å². The van der Waals surface area contributed by atoms with Gasteiger partial charge in [0.25, 0.3) is 0 Å². The summed E-state index contributed by atoms with van der Waals surface area (Å²) in [6.07, 6.45) is -4.71. The van der Waals surface area contributed by atoms with Crippen molar-refractivity contribution < 1.29 is 27.8 Å². The van der Waals surface area contributed by atoms with Crippen LogP contribution in [0.2, 0.25) is 0 Å². The van der Waals surface area contributed by atoms with Crippen molar-refractivity contribution >= 4 is 17.9 Å². The van der Waals surface area contributed by atoms with Gasteiger partial charge in [-0.1, -0.05) is 6.07 Å². The lowest BCUT2D eigenvalue weighted by atomic mass is 10.0. The summed E-state index contributed by atoms with van der Waals surface area (Å²) in [6, 6.07) is 5.58. The molecule has 1 aliphatic heterocycles. The molecule has 0 unspecified atom stereocenters. The number of benzene rings is 1. The van der Waals surface area contributed by atoms with Gasteiger partial charge < -0.3 is 9.84 Å². The van der Waals surface area contributed by atoms with E-state index in [-0.39, 0.29) is 5.75 Å². The minimum Gasteiger partial charge on any atom is -0.481 e. The van der Waals surface area contributed by atoms with Crippen LogP contribution < -0.4 is 4.74 Å². The van der Waals surface area contributed by atoms with Crippen molar-refractivity contribution in [3.05, 3.63) is 24.3 Å². The Hall–Kier alpha value is -1.41. The number of carbonyl (C=O) groups is 1. The van der Waals surface area contributed by atoms with Crippen LogP contribution in [0.15, 0.2) is 29.2 Å². The molecule has 1 fully saturated rings. The van der Waals surface area contributed by atoms with E-state index in [1.807, 2.05) is 0 Å². The number of hydrogen-bond acceptors (Lipinski definition) is 4. The number of halogens is 3. The number of ether oxygens (including phenoxy) is 1. The highest BCUT2D eigenvalue weighted by Gasteiger charge is 2.34. The van der Waals surface area contributed by atoms with Crippen LogP contribution in [-0.2, 0) is 4.79 Å². The highest BCUT2D eigenvalue weighted by Crippen LogP contribution is 2.33. The molecule has 1 aliphatic rings. The van der Waals surface area contributed by atoms with E-state index in [2.05, 4.69) is 4.74 Å². The fraction of sp³-hybridized carbons (Fsp3) is 0.364. The summed E-state index contributed by atoms with van der Waals surface area (Å²) in [5.74, 6) is -1.54. The van der Waals surface area contributed by atoms with Crippen LogP contribution in [-0.4, -0.2) is 34.8 Å². The second-order valence-corrected chi connectivity index (χ2v) is 5.17.